The van der Waals surface area contributed by atoms with Gasteiger partial charge in [0, 0.05) is 26.2 Å². The van der Waals surface area contributed by atoms with Crippen molar-refractivity contribution in [3.63, 3.8) is 0 Å². The quantitative estimate of drug-likeness (QED) is 0.335. The lowest BCUT2D eigenvalue weighted by atomic mass is 10.6. The van der Waals surface area contributed by atoms with Crippen LogP contribution in [0, 0.1) is 0 Å². The summed E-state index contributed by atoms with van der Waals surface area (Å²) >= 11 is 0. The summed E-state index contributed by atoms with van der Waals surface area (Å²) in [6.07, 6.45) is 1.06. The Bertz CT molecular complexity index is 143. The summed E-state index contributed by atoms with van der Waals surface area (Å²) in [6, 6.07) is 0. The van der Waals surface area contributed by atoms with E-state index in [4.69, 9.17) is 11.5 Å². The first kappa shape index (κ1) is 20.5. The number of carbonyl (C=O) groups is 1. The highest BCUT2D eigenvalue weighted by atomic mass is 16.1. The van der Waals surface area contributed by atoms with Gasteiger partial charge < -0.3 is 27.4 Å². The molecule has 0 spiro atoms. The number of rotatable bonds is 5. The summed E-state index contributed by atoms with van der Waals surface area (Å²) in [5.74, 6) is -0.481. The van der Waals surface area contributed by atoms with Gasteiger partial charge in [-0.05, 0) is 27.2 Å². The Labute approximate surface area is 98.8 Å². The fourth-order valence-electron chi connectivity index (χ4n) is 0.329. The van der Waals surface area contributed by atoms with Crippen molar-refractivity contribution in [3.05, 3.63) is 12.7 Å². The molecule has 7 N–H and O–H groups in total. The van der Waals surface area contributed by atoms with Gasteiger partial charge in [-0.15, -0.1) is 0 Å². The second kappa shape index (κ2) is 19.6. The van der Waals surface area contributed by atoms with Crippen LogP contribution in [-0.4, -0.2) is 58.1 Å². The topological polar surface area (TPSA) is 110 Å². The molecule has 6 nitrogen and oxygen atoms in total. The molecule has 6 heteroatoms. The number of nitrogens with two attached hydrogens (primary N) is 3. The summed E-state index contributed by atoms with van der Waals surface area (Å²) in [4.78, 5) is 11.5. The molecule has 0 aromatic heterocycles. The van der Waals surface area contributed by atoms with Crippen LogP contribution in [0.25, 0.3) is 0 Å². The Kier molecular flexibility index (Phi) is 25.1. The zero-order chi connectivity index (χ0) is 13.4. The number of carbonyl (C=O) groups excluding carboxylic acids is 1. The summed E-state index contributed by atoms with van der Waals surface area (Å²) < 4.78 is 0. The minimum absolute atomic E-state index is 0.481. The summed E-state index contributed by atoms with van der Waals surface area (Å²) in [5, 5.41) is 3.03. The third-order valence-corrected chi connectivity index (χ3v) is 0.843. The molecule has 0 aromatic carbocycles. The predicted molar refractivity (Wildman–Crippen MR) is 70.0 cm³/mol. The molecule has 0 unspecified atom stereocenters. The normalized spacial score (nSPS) is 8.38. The third kappa shape index (κ3) is 74.3. The molecular formula is C10H27N5O. The van der Waals surface area contributed by atoms with Gasteiger partial charge in [0.25, 0.3) is 0 Å². The molecule has 98 valence electrons. The Balaban J connectivity index is -0.000000166. The zero-order valence-electron chi connectivity index (χ0n) is 10.7. The monoisotopic (exact) mass is 233 g/mol. The van der Waals surface area contributed by atoms with E-state index in [1.165, 1.54) is 0 Å². The van der Waals surface area contributed by atoms with Crippen molar-refractivity contribution in [2.24, 2.45) is 17.2 Å². The van der Waals surface area contributed by atoms with E-state index >= 15 is 0 Å². The maximum Gasteiger partial charge on any atom is 0.240 e. The molecule has 0 aliphatic rings. The number of hydrogen-bond donors (Lipinski definition) is 4. The Morgan fingerprint density at radius 2 is 1.50 bits per heavy atom. The molecule has 0 aromatic rings. The first-order valence-corrected chi connectivity index (χ1v) is 5.05. The Hall–Kier alpha value is -0.950. The number of hydrogen-bond acceptors (Lipinski definition) is 5. The average molecular weight is 233 g/mol. The molecule has 0 saturated heterocycles. The SMILES string of the molecule is C=CC(N)=O.CN(C)C.NCCNCCN. The van der Waals surface area contributed by atoms with E-state index in [-0.39, 0.29) is 0 Å². The summed E-state index contributed by atoms with van der Waals surface area (Å²) in [5.41, 5.74) is 14.9. The van der Waals surface area contributed by atoms with Crippen LogP contribution in [-0.2, 0) is 4.79 Å². The second-order valence-corrected chi connectivity index (χ2v) is 3.28. The molecule has 0 radical (unpaired) electrons. The maximum absolute atomic E-state index is 9.47. The molecule has 16 heavy (non-hydrogen) atoms. The first-order chi connectivity index (χ1) is 7.42. The van der Waals surface area contributed by atoms with E-state index < -0.39 is 5.91 Å². The van der Waals surface area contributed by atoms with Crippen LogP contribution in [0.5, 0.6) is 0 Å². The van der Waals surface area contributed by atoms with Crippen LogP contribution >= 0.6 is 0 Å². The number of primary amides is 1. The van der Waals surface area contributed by atoms with Crippen LogP contribution in [0.2, 0.25) is 0 Å². The van der Waals surface area contributed by atoms with Crippen LogP contribution < -0.4 is 22.5 Å². The highest BCUT2D eigenvalue weighted by Gasteiger charge is 1.76. The molecule has 1 amide bonds. The molecule has 0 heterocycles. The zero-order valence-corrected chi connectivity index (χ0v) is 10.7. The standard InChI is InChI=1S/C4H13N3.C3H5NO.C3H9N/c5-1-3-7-4-2-6;1-2-3(4)5;1-4(2)3/h7H,1-6H2;2H,1H2,(H2,4,5);1-3H3. The van der Waals surface area contributed by atoms with Gasteiger partial charge in [0.1, 0.15) is 0 Å². The number of nitrogens with zero attached hydrogens (tertiary/aromatic N) is 1. The van der Waals surface area contributed by atoms with Crippen molar-refractivity contribution < 1.29 is 4.79 Å². The lowest BCUT2D eigenvalue weighted by Crippen LogP contribution is -2.27. The molecule has 0 atom stereocenters. The molecule has 0 saturated carbocycles. The summed E-state index contributed by atoms with van der Waals surface area (Å²) in [6.45, 7) is 6.22. The van der Waals surface area contributed by atoms with Crippen molar-refractivity contribution >= 4 is 5.91 Å². The van der Waals surface area contributed by atoms with E-state index in [9.17, 15) is 4.79 Å². The Morgan fingerprint density at radius 3 is 1.62 bits per heavy atom. The van der Waals surface area contributed by atoms with Crippen molar-refractivity contribution in [2.45, 2.75) is 0 Å². The molecule has 0 aliphatic heterocycles. The van der Waals surface area contributed by atoms with Gasteiger partial charge in [-0.1, -0.05) is 6.58 Å². The molecule has 0 rings (SSSR count). The third-order valence-electron chi connectivity index (χ3n) is 0.843. The Morgan fingerprint density at radius 1 is 1.25 bits per heavy atom. The van der Waals surface area contributed by atoms with Crippen LogP contribution in [0.1, 0.15) is 0 Å². The van der Waals surface area contributed by atoms with E-state index in [0.29, 0.717) is 13.1 Å². The first-order valence-electron chi connectivity index (χ1n) is 5.05. The van der Waals surface area contributed by atoms with Gasteiger partial charge in [-0.25, -0.2) is 0 Å². The molecule has 0 aliphatic carbocycles. The van der Waals surface area contributed by atoms with Crippen molar-refractivity contribution in [3.8, 4) is 0 Å². The maximum atomic E-state index is 9.47. The molecule has 0 bridgehead atoms. The number of amides is 1. The van der Waals surface area contributed by atoms with Crippen molar-refractivity contribution in [1.82, 2.24) is 10.2 Å². The highest BCUT2D eigenvalue weighted by molar-refractivity contribution is 5.84. The van der Waals surface area contributed by atoms with Gasteiger partial charge in [0.05, 0.1) is 0 Å². The van der Waals surface area contributed by atoms with Gasteiger partial charge in [0.2, 0.25) is 5.91 Å². The smallest absolute Gasteiger partial charge is 0.240 e. The fourth-order valence-corrected chi connectivity index (χ4v) is 0.329. The van der Waals surface area contributed by atoms with E-state index in [1.807, 2.05) is 26.0 Å². The fraction of sp³-hybridized carbons (Fsp3) is 0.700. The highest BCUT2D eigenvalue weighted by Crippen LogP contribution is 1.49. The summed E-state index contributed by atoms with van der Waals surface area (Å²) in [7, 11) is 6.00. The van der Waals surface area contributed by atoms with Crippen molar-refractivity contribution in [2.75, 3.05) is 47.3 Å². The minimum atomic E-state index is -0.481. The van der Waals surface area contributed by atoms with Crippen LogP contribution in [0.15, 0.2) is 12.7 Å². The average Bonchev–Trinajstić information content (AvgIpc) is 2.19. The van der Waals surface area contributed by atoms with E-state index in [0.717, 1.165) is 19.2 Å². The molecule has 0 fully saturated rings. The molecular weight excluding hydrogens is 206 g/mol. The van der Waals surface area contributed by atoms with Gasteiger partial charge >= 0.3 is 0 Å². The second-order valence-electron chi connectivity index (χ2n) is 3.28. The lowest BCUT2D eigenvalue weighted by molar-refractivity contribution is -0.113. The van der Waals surface area contributed by atoms with Gasteiger partial charge in [-0.2, -0.15) is 0 Å². The predicted octanol–water partition coefficient (Wildman–Crippen LogP) is -1.67. The largest absolute Gasteiger partial charge is 0.366 e. The van der Waals surface area contributed by atoms with Crippen molar-refractivity contribution in [1.29, 1.82) is 0 Å². The minimum Gasteiger partial charge on any atom is -0.366 e. The van der Waals surface area contributed by atoms with Crippen LogP contribution in [0.4, 0.5) is 0 Å². The number of nitrogens with one attached hydrogen (secondary N) is 1. The van der Waals surface area contributed by atoms with Crippen LogP contribution in [0.3, 0.4) is 0 Å². The van der Waals surface area contributed by atoms with Gasteiger partial charge in [0.15, 0.2) is 0 Å². The van der Waals surface area contributed by atoms with E-state index in [1.54, 1.807) is 0 Å². The lowest BCUT2D eigenvalue weighted by Gasteiger charge is -1.95. The van der Waals surface area contributed by atoms with E-state index in [2.05, 4.69) is 17.6 Å². The van der Waals surface area contributed by atoms with Gasteiger partial charge in [-0.3, -0.25) is 4.79 Å².